The summed E-state index contributed by atoms with van der Waals surface area (Å²) in [6.45, 7) is 0. The van der Waals surface area contributed by atoms with Gasteiger partial charge in [-0.25, -0.2) is 8.78 Å². The van der Waals surface area contributed by atoms with Crippen molar-refractivity contribution in [2.45, 2.75) is 5.16 Å². The van der Waals surface area contributed by atoms with E-state index in [1.54, 1.807) is 24.3 Å². The van der Waals surface area contributed by atoms with Crippen LogP contribution in [0.1, 0.15) is 0 Å². The summed E-state index contributed by atoms with van der Waals surface area (Å²) in [5, 5.41) is 15.7. The van der Waals surface area contributed by atoms with Gasteiger partial charge in [-0.2, -0.15) is 9.61 Å². The third kappa shape index (κ3) is 3.99. The van der Waals surface area contributed by atoms with Crippen molar-refractivity contribution in [2.24, 2.45) is 0 Å². The summed E-state index contributed by atoms with van der Waals surface area (Å²) in [6.07, 6.45) is 0. The largest absolute Gasteiger partial charge is 0.325 e. The van der Waals surface area contributed by atoms with Gasteiger partial charge in [0.05, 0.1) is 11.4 Å². The lowest BCUT2D eigenvalue weighted by Gasteiger charge is -2.05. The SMILES string of the molecule is O=C(CSc1nnc2ccc(-c3ccc(F)cc3)nn12)Nc1ccc(F)cc1. The Bertz CT molecular complexity index is 1130. The van der Waals surface area contributed by atoms with Gasteiger partial charge in [0.25, 0.3) is 0 Å². The van der Waals surface area contributed by atoms with Gasteiger partial charge in [0.15, 0.2) is 5.65 Å². The molecule has 0 fully saturated rings. The number of fused-ring (bicyclic) bond motifs is 1. The van der Waals surface area contributed by atoms with Crippen LogP contribution in [0, 0.1) is 11.6 Å². The fraction of sp³-hybridized carbons (Fsp3) is 0.0526. The average Bonchev–Trinajstić information content (AvgIpc) is 3.11. The molecule has 4 rings (SSSR count). The Balaban J connectivity index is 1.49. The molecule has 0 saturated carbocycles. The number of carbonyl (C=O) groups is 1. The number of hydrogen-bond acceptors (Lipinski definition) is 5. The van der Waals surface area contributed by atoms with Gasteiger partial charge in [-0.1, -0.05) is 11.8 Å². The minimum Gasteiger partial charge on any atom is -0.325 e. The Hall–Kier alpha value is -3.33. The number of rotatable bonds is 5. The molecule has 0 spiro atoms. The van der Waals surface area contributed by atoms with Crippen LogP contribution in [0.2, 0.25) is 0 Å². The predicted octanol–water partition coefficient (Wildman–Crippen LogP) is 3.80. The normalized spacial score (nSPS) is 10.9. The number of halogens is 2. The lowest BCUT2D eigenvalue weighted by Crippen LogP contribution is -2.14. The molecule has 9 heteroatoms. The summed E-state index contributed by atoms with van der Waals surface area (Å²) in [7, 11) is 0. The van der Waals surface area contributed by atoms with Crippen LogP contribution in [0.15, 0.2) is 65.8 Å². The smallest absolute Gasteiger partial charge is 0.234 e. The molecule has 0 bridgehead atoms. The predicted molar refractivity (Wildman–Crippen MR) is 102 cm³/mol. The highest BCUT2D eigenvalue weighted by Gasteiger charge is 2.12. The molecule has 0 saturated heterocycles. The molecule has 2 aromatic carbocycles. The van der Waals surface area contributed by atoms with E-state index in [1.165, 1.54) is 52.7 Å². The lowest BCUT2D eigenvalue weighted by molar-refractivity contribution is -0.113. The maximum atomic E-state index is 13.1. The van der Waals surface area contributed by atoms with Crippen LogP contribution in [-0.4, -0.2) is 31.5 Å². The number of nitrogens with one attached hydrogen (secondary N) is 1. The number of hydrogen-bond donors (Lipinski definition) is 1. The zero-order chi connectivity index (χ0) is 19.5. The summed E-state index contributed by atoms with van der Waals surface area (Å²) in [6, 6.07) is 15.0. The third-order valence-corrected chi connectivity index (χ3v) is 4.75. The second kappa shape index (κ2) is 7.73. The Morgan fingerprint density at radius 2 is 1.61 bits per heavy atom. The van der Waals surface area contributed by atoms with Crippen molar-refractivity contribution < 1.29 is 13.6 Å². The number of thioether (sulfide) groups is 1. The maximum Gasteiger partial charge on any atom is 0.234 e. The molecule has 0 radical (unpaired) electrons. The van der Waals surface area contributed by atoms with Crippen molar-refractivity contribution in [2.75, 3.05) is 11.1 Å². The molecule has 1 N–H and O–H groups in total. The fourth-order valence-corrected chi connectivity index (χ4v) is 3.18. The number of carbonyl (C=O) groups excluding carboxylic acids is 1. The van der Waals surface area contributed by atoms with Crippen molar-refractivity contribution >= 4 is 29.0 Å². The number of amides is 1. The van der Waals surface area contributed by atoms with Crippen molar-refractivity contribution in [3.05, 3.63) is 72.3 Å². The Labute approximate surface area is 162 Å². The summed E-state index contributed by atoms with van der Waals surface area (Å²) in [4.78, 5) is 12.1. The molecule has 0 aliphatic heterocycles. The van der Waals surface area contributed by atoms with Gasteiger partial charge in [0, 0.05) is 11.3 Å². The van der Waals surface area contributed by atoms with E-state index in [0.717, 1.165) is 5.56 Å². The van der Waals surface area contributed by atoms with E-state index in [9.17, 15) is 13.6 Å². The molecule has 28 heavy (non-hydrogen) atoms. The molecule has 6 nitrogen and oxygen atoms in total. The van der Waals surface area contributed by atoms with E-state index in [1.807, 2.05) is 0 Å². The zero-order valence-electron chi connectivity index (χ0n) is 14.3. The first-order valence-corrected chi connectivity index (χ1v) is 9.24. The van der Waals surface area contributed by atoms with E-state index in [2.05, 4.69) is 20.6 Å². The summed E-state index contributed by atoms with van der Waals surface area (Å²) < 4.78 is 27.6. The molecular weight excluding hydrogens is 384 g/mol. The van der Waals surface area contributed by atoms with Crippen molar-refractivity contribution in [3.63, 3.8) is 0 Å². The Morgan fingerprint density at radius 3 is 2.32 bits per heavy atom. The highest BCUT2D eigenvalue weighted by Crippen LogP contribution is 2.21. The summed E-state index contributed by atoms with van der Waals surface area (Å²) in [5.41, 5.74) is 2.43. The van der Waals surface area contributed by atoms with Gasteiger partial charge in [-0.05, 0) is 60.7 Å². The van der Waals surface area contributed by atoms with Gasteiger partial charge in [-0.3, -0.25) is 4.79 Å². The fourth-order valence-electron chi connectivity index (χ4n) is 2.49. The first-order valence-electron chi connectivity index (χ1n) is 8.25. The van der Waals surface area contributed by atoms with Crippen LogP contribution in [0.25, 0.3) is 16.9 Å². The van der Waals surface area contributed by atoms with E-state index in [4.69, 9.17) is 0 Å². The van der Waals surface area contributed by atoms with Crippen molar-refractivity contribution in [3.8, 4) is 11.3 Å². The van der Waals surface area contributed by atoms with Gasteiger partial charge in [-0.15, -0.1) is 10.2 Å². The van der Waals surface area contributed by atoms with Crippen LogP contribution in [-0.2, 0) is 4.79 Å². The average molecular weight is 397 g/mol. The number of benzene rings is 2. The molecule has 140 valence electrons. The van der Waals surface area contributed by atoms with Crippen LogP contribution < -0.4 is 5.32 Å². The van der Waals surface area contributed by atoms with E-state index < -0.39 is 0 Å². The third-order valence-electron chi connectivity index (χ3n) is 3.83. The van der Waals surface area contributed by atoms with E-state index >= 15 is 0 Å². The molecule has 2 heterocycles. The number of nitrogens with zero attached hydrogens (tertiary/aromatic N) is 4. The Kier molecular flexibility index (Phi) is 4.98. The maximum absolute atomic E-state index is 13.1. The Morgan fingerprint density at radius 1 is 0.929 bits per heavy atom. The minimum atomic E-state index is -0.370. The van der Waals surface area contributed by atoms with Crippen LogP contribution in [0.3, 0.4) is 0 Å². The van der Waals surface area contributed by atoms with Gasteiger partial charge in [0.1, 0.15) is 11.6 Å². The molecule has 0 atom stereocenters. The van der Waals surface area contributed by atoms with Gasteiger partial charge in [0.2, 0.25) is 11.1 Å². The first kappa shape index (κ1) is 18.1. The van der Waals surface area contributed by atoms with E-state index in [0.29, 0.717) is 22.2 Å². The molecule has 0 aliphatic carbocycles. The minimum absolute atomic E-state index is 0.0840. The molecule has 0 aliphatic rings. The first-order chi connectivity index (χ1) is 13.6. The molecule has 4 aromatic rings. The van der Waals surface area contributed by atoms with E-state index in [-0.39, 0.29) is 23.3 Å². The molecule has 0 unspecified atom stereocenters. The van der Waals surface area contributed by atoms with Crippen molar-refractivity contribution in [1.29, 1.82) is 0 Å². The zero-order valence-corrected chi connectivity index (χ0v) is 15.2. The second-order valence-corrected chi connectivity index (χ2v) is 6.76. The van der Waals surface area contributed by atoms with Crippen LogP contribution >= 0.6 is 11.8 Å². The lowest BCUT2D eigenvalue weighted by atomic mass is 10.1. The highest BCUT2D eigenvalue weighted by atomic mass is 32.2. The quantitative estimate of drug-likeness (QED) is 0.519. The van der Waals surface area contributed by atoms with Gasteiger partial charge < -0.3 is 5.32 Å². The van der Waals surface area contributed by atoms with Crippen LogP contribution in [0.4, 0.5) is 14.5 Å². The van der Waals surface area contributed by atoms with Crippen molar-refractivity contribution in [1.82, 2.24) is 19.8 Å². The standard InChI is InChI=1S/C19H13F2N5OS/c20-13-3-1-12(2-4-13)16-9-10-17-23-24-19(26(17)25-16)28-11-18(27)22-15-7-5-14(21)6-8-15/h1-10H,11H2,(H,22,27). The number of anilines is 1. The van der Waals surface area contributed by atoms with Gasteiger partial charge >= 0.3 is 0 Å². The molecular formula is C19H13F2N5OS. The van der Waals surface area contributed by atoms with Crippen LogP contribution in [0.5, 0.6) is 0 Å². The number of aromatic nitrogens is 4. The molecule has 2 aromatic heterocycles. The topological polar surface area (TPSA) is 72.2 Å². The second-order valence-electron chi connectivity index (χ2n) is 5.82. The monoisotopic (exact) mass is 397 g/mol. The highest BCUT2D eigenvalue weighted by molar-refractivity contribution is 7.99. The summed E-state index contributed by atoms with van der Waals surface area (Å²) >= 11 is 1.17. The molecule has 1 amide bonds. The summed E-state index contributed by atoms with van der Waals surface area (Å²) in [5.74, 6) is -0.869.